The smallest absolute Gasteiger partial charge is 0.255 e. The van der Waals surface area contributed by atoms with Gasteiger partial charge in [-0.3, -0.25) is 14.7 Å². The predicted molar refractivity (Wildman–Crippen MR) is 108 cm³/mol. The Kier molecular flexibility index (Phi) is 4.77. The monoisotopic (exact) mass is 363 g/mol. The van der Waals surface area contributed by atoms with Gasteiger partial charge in [-0.05, 0) is 63.3 Å². The molecule has 2 fully saturated rings. The number of piperidine rings is 1. The van der Waals surface area contributed by atoms with Crippen molar-refractivity contribution in [2.24, 2.45) is 0 Å². The minimum atomic E-state index is 0.134. The number of rotatable bonds is 2. The summed E-state index contributed by atoms with van der Waals surface area (Å²) >= 11 is 0. The van der Waals surface area contributed by atoms with E-state index in [0.717, 1.165) is 49.3 Å². The number of carbonyl (C=O) groups is 1. The minimum Gasteiger partial charge on any atom is -0.338 e. The summed E-state index contributed by atoms with van der Waals surface area (Å²) in [6.07, 6.45) is 5.04. The molecule has 0 N–H and O–H groups in total. The Morgan fingerprint density at radius 2 is 1.85 bits per heavy atom. The summed E-state index contributed by atoms with van der Waals surface area (Å²) in [6.45, 7) is 6.74. The zero-order valence-corrected chi connectivity index (χ0v) is 16.6. The summed E-state index contributed by atoms with van der Waals surface area (Å²) in [4.78, 5) is 21.9. The fraction of sp³-hybridized carbons (Fsp3) is 0.478. The van der Waals surface area contributed by atoms with Crippen molar-refractivity contribution >= 4 is 5.91 Å². The SMILES string of the molecule is Cc1cc(C)c(C(=O)N2CCC3(CC2)CC(c2ccccc2)CN3C)cn1. The van der Waals surface area contributed by atoms with Crippen molar-refractivity contribution < 1.29 is 4.79 Å². The zero-order chi connectivity index (χ0) is 19.0. The molecule has 2 aliphatic rings. The number of aryl methyl sites for hydroxylation is 2. The van der Waals surface area contributed by atoms with Crippen LogP contribution in [-0.2, 0) is 0 Å². The Morgan fingerprint density at radius 1 is 1.15 bits per heavy atom. The molecule has 1 amide bonds. The maximum absolute atomic E-state index is 13.0. The first-order valence-electron chi connectivity index (χ1n) is 9.97. The number of hydrogen-bond acceptors (Lipinski definition) is 3. The van der Waals surface area contributed by atoms with Gasteiger partial charge in [-0.1, -0.05) is 30.3 Å². The number of likely N-dealkylation sites (tertiary alicyclic amines) is 2. The van der Waals surface area contributed by atoms with E-state index in [2.05, 4.69) is 47.3 Å². The maximum Gasteiger partial charge on any atom is 0.255 e. The number of nitrogens with zero attached hydrogens (tertiary/aromatic N) is 3. The first-order chi connectivity index (χ1) is 13.0. The van der Waals surface area contributed by atoms with Gasteiger partial charge in [0.15, 0.2) is 0 Å². The van der Waals surface area contributed by atoms with Crippen molar-refractivity contribution in [1.29, 1.82) is 0 Å². The van der Waals surface area contributed by atoms with Crippen molar-refractivity contribution in [3.05, 3.63) is 65.0 Å². The maximum atomic E-state index is 13.0. The number of carbonyl (C=O) groups excluding carboxylic acids is 1. The number of hydrogen-bond donors (Lipinski definition) is 0. The summed E-state index contributed by atoms with van der Waals surface area (Å²) in [7, 11) is 2.26. The Hall–Kier alpha value is -2.20. The van der Waals surface area contributed by atoms with Crippen LogP contribution >= 0.6 is 0 Å². The molecule has 27 heavy (non-hydrogen) atoms. The quantitative estimate of drug-likeness (QED) is 0.814. The van der Waals surface area contributed by atoms with Gasteiger partial charge in [0.1, 0.15) is 0 Å². The molecule has 1 atom stereocenters. The van der Waals surface area contributed by atoms with Gasteiger partial charge in [-0.25, -0.2) is 0 Å². The lowest BCUT2D eigenvalue weighted by molar-refractivity contribution is 0.0491. The Bertz CT molecular complexity index is 825. The topological polar surface area (TPSA) is 36.4 Å². The lowest BCUT2D eigenvalue weighted by Gasteiger charge is -2.43. The number of benzene rings is 1. The minimum absolute atomic E-state index is 0.134. The van der Waals surface area contributed by atoms with Gasteiger partial charge < -0.3 is 4.90 Å². The molecule has 4 rings (SSSR count). The van der Waals surface area contributed by atoms with Crippen molar-refractivity contribution in [3.8, 4) is 0 Å². The third kappa shape index (κ3) is 3.39. The summed E-state index contributed by atoms with van der Waals surface area (Å²) in [5.74, 6) is 0.733. The number of pyridine rings is 1. The normalized spacial score (nSPS) is 22.3. The van der Waals surface area contributed by atoms with Crippen LogP contribution in [0.2, 0.25) is 0 Å². The highest BCUT2D eigenvalue weighted by Crippen LogP contribution is 2.44. The second-order valence-corrected chi connectivity index (χ2v) is 8.35. The molecule has 0 bridgehead atoms. The van der Waals surface area contributed by atoms with Gasteiger partial charge in [0.2, 0.25) is 0 Å². The van der Waals surface area contributed by atoms with Crippen LogP contribution in [0.1, 0.15) is 52.4 Å². The van der Waals surface area contributed by atoms with E-state index in [-0.39, 0.29) is 11.4 Å². The molecule has 2 saturated heterocycles. The second kappa shape index (κ2) is 7.08. The van der Waals surface area contributed by atoms with Gasteiger partial charge in [-0.2, -0.15) is 0 Å². The lowest BCUT2D eigenvalue weighted by atomic mass is 9.81. The van der Waals surface area contributed by atoms with Crippen LogP contribution in [0.4, 0.5) is 0 Å². The molecule has 0 radical (unpaired) electrons. The molecule has 4 heteroatoms. The van der Waals surface area contributed by atoms with E-state index < -0.39 is 0 Å². The highest BCUT2D eigenvalue weighted by Gasteiger charge is 2.46. The largest absolute Gasteiger partial charge is 0.338 e. The average Bonchev–Trinajstić information content (AvgIpc) is 2.99. The van der Waals surface area contributed by atoms with Crippen molar-refractivity contribution in [2.45, 2.75) is 44.6 Å². The van der Waals surface area contributed by atoms with Gasteiger partial charge in [0, 0.05) is 37.1 Å². The van der Waals surface area contributed by atoms with Crippen molar-refractivity contribution in [3.63, 3.8) is 0 Å². The highest BCUT2D eigenvalue weighted by atomic mass is 16.2. The van der Waals surface area contributed by atoms with E-state index >= 15 is 0 Å². The van der Waals surface area contributed by atoms with E-state index in [0.29, 0.717) is 5.92 Å². The summed E-state index contributed by atoms with van der Waals surface area (Å²) in [5, 5.41) is 0. The molecule has 0 aliphatic carbocycles. The van der Waals surface area contributed by atoms with Crippen LogP contribution in [0.3, 0.4) is 0 Å². The van der Waals surface area contributed by atoms with E-state index in [4.69, 9.17) is 0 Å². The second-order valence-electron chi connectivity index (χ2n) is 8.35. The molecule has 1 aromatic carbocycles. The molecular formula is C23H29N3O. The summed E-state index contributed by atoms with van der Waals surface area (Å²) < 4.78 is 0. The van der Waals surface area contributed by atoms with Crippen LogP contribution in [0, 0.1) is 13.8 Å². The van der Waals surface area contributed by atoms with Crippen LogP contribution in [0.25, 0.3) is 0 Å². The number of amides is 1. The molecule has 1 spiro atoms. The molecule has 4 nitrogen and oxygen atoms in total. The summed E-state index contributed by atoms with van der Waals surface area (Å²) in [6, 6.07) is 12.9. The van der Waals surface area contributed by atoms with E-state index in [1.807, 2.05) is 24.8 Å². The van der Waals surface area contributed by atoms with Crippen LogP contribution in [0.15, 0.2) is 42.6 Å². The number of aromatic nitrogens is 1. The molecule has 1 unspecified atom stereocenters. The predicted octanol–water partition coefficient (Wildman–Crippen LogP) is 3.79. The Morgan fingerprint density at radius 3 is 2.52 bits per heavy atom. The average molecular weight is 364 g/mol. The zero-order valence-electron chi connectivity index (χ0n) is 16.6. The summed E-state index contributed by atoms with van der Waals surface area (Å²) in [5.41, 5.74) is 4.41. The van der Waals surface area contributed by atoms with Crippen LogP contribution in [0.5, 0.6) is 0 Å². The van der Waals surface area contributed by atoms with Crippen molar-refractivity contribution in [1.82, 2.24) is 14.8 Å². The van der Waals surface area contributed by atoms with E-state index in [1.54, 1.807) is 6.20 Å². The molecule has 1 aromatic heterocycles. The van der Waals surface area contributed by atoms with Gasteiger partial charge in [0.25, 0.3) is 5.91 Å². The molecule has 0 saturated carbocycles. The first kappa shape index (κ1) is 18.2. The molecule has 2 aromatic rings. The molecule has 3 heterocycles. The van der Waals surface area contributed by atoms with E-state index in [1.165, 1.54) is 12.0 Å². The van der Waals surface area contributed by atoms with Gasteiger partial charge in [0.05, 0.1) is 5.56 Å². The standard InChI is InChI=1S/C23H29N3O/c1-17-13-18(2)24-15-21(17)22(27)26-11-9-23(10-12-26)14-20(16-25(23)3)19-7-5-4-6-8-19/h4-8,13,15,20H,9-12,14,16H2,1-3H3. The van der Waals surface area contributed by atoms with Crippen molar-refractivity contribution in [2.75, 3.05) is 26.7 Å². The lowest BCUT2D eigenvalue weighted by Crippen LogP contribution is -2.52. The molecule has 142 valence electrons. The Labute approximate surface area is 162 Å². The molecule has 2 aliphatic heterocycles. The van der Waals surface area contributed by atoms with Crippen LogP contribution in [-0.4, -0.2) is 52.9 Å². The highest BCUT2D eigenvalue weighted by molar-refractivity contribution is 5.95. The fourth-order valence-corrected chi connectivity index (χ4v) is 4.95. The Balaban J connectivity index is 1.44. The molecular weight excluding hydrogens is 334 g/mol. The third-order valence-electron chi connectivity index (χ3n) is 6.66. The van der Waals surface area contributed by atoms with Gasteiger partial charge >= 0.3 is 0 Å². The van der Waals surface area contributed by atoms with E-state index in [9.17, 15) is 4.79 Å². The third-order valence-corrected chi connectivity index (χ3v) is 6.66. The fourth-order valence-electron chi connectivity index (χ4n) is 4.95. The first-order valence-corrected chi connectivity index (χ1v) is 9.97. The van der Waals surface area contributed by atoms with Crippen LogP contribution < -0.4 is 0 Å². The number of likely N-dealkylation sites (N-methyl/N-ethyl adjacent to an activating group) is 1. The van der Waals surface area contributed by atoms with Gasteiger partial charge in [-0.15, -0.1) is 0 Å².